The molecule has 2 rings (SSSR count). The maximum absolute atomic E-state index is 12.4. The van der Waals surface area contributed by atoms with Gasteiger partial charge in [-0.05, 0) is 19.1 Å². The van der Waals surface area contributed by atoms with Crippen molar-refractivity contribution in [2.75, 3.05) is 27.4 Å². The Hall–Kier alpha value is -1.13. The molecule has 0 saturated carbocycles. The predicted octanol–water partition coefficient (Wildman–Crippen LogP) is 1.02. The van der Waals surface area contributed by atoms with Gasteiger partial charge >= 0.3 is 0 Å². The lowest BCUT2D eigenvalue weighted by Gasteiger charge is -2.27. The molecule has 1 aromatic heterocycles. The molecule has 0 bridgehead atoms. The molecule has 0 aliphatic heterocycles. The van der Waals surface area contributed by atoms with Crippen LogP contribution in [0.3, 0.4) is 0 Å². The number of aromatic nitrogens is 2. The summed E-state index contributed by atoms with van der Waals surface area (Å²) in [5, 5.41) is 0. The average Bonchev–Trinajstić information content (AvgIpc) is 2.94. The fraction of sp³-hybridized carbons (Fsp3) is 0.500. The van der Waals surface area contributed by atoms with Crippen LogP contribution in [-0.2, 0) is 19.5 Å². The second-order valence-electron chi connectivity index (χ2n) is 4.80. The van der Waals surface area contributed by atoms with Crippen LogP contribution in [-0.4, -0.2) is 50.1 Å². The number of ether oxygens (including phenoxy) is 2. The summed E-state index contributed by atoms with van der Waals surface area (Å²) in [6, 6.07) is 4.87. The standard InChI is InChI=1S/C12H17N3O4S2/c1-12(19-3,8-18-2)7-13-21(16,17)10-6-4-5-9-11(10)15-20-14-9/h4-6,13H,7-8H2,1-3H3. The van der Waals surface area contributed by atoms with Crippen molar-refractivity contribution in [3.63, 3.8) is 0 Å². The zero-order valence-corrected chi connectivity index (χ0v) is 13.6. The van der Waals surface area contributed by atoms with Crippen molar-refractivity contribution < 1.29 is 17.9 Å². The number of fused-ring (bicyclic) bond motifs is 1. The SMILES string of the molecule is COCC(C)(CNS(=O)(=O)c1cccc2nsnc12)OC. The fourth-order valence-electron chi connectivity index (χ4n) is 1.81. The maximum Gasteiger partial charge on any atom is 0.242 e. The highest BCUT2D eigenvalue weighted by Gasteiger charge is 2.28. The summed E-state index contributed by atoms with van der Waals surface area (Å²) < 4.78 is 45.9. The smallest absolute Gasteiger partial charge is 0.242 e. The molecule has 1 N–H and O–H groups in total. The normalized spacial score (nSPS) is 15.2. The van der Waals surface area contributed by atoms with E-state index in [4.69, 9.17) is 9.47 Å². The second kappa shape index (κ2) is 6.32. The monoisotopic (exact) mass is 331 g/mol. The minimum absolute atomic E-state index is 0.0909. The number of methoxy groups -OCH3 is 2. The number of nitrogens with one attached hydrogen (secondary N) is 1. The van der Waals surface area contributed by atoms with E-state index in [0.717, 1.165) is 11.7 Å². The third kappa shape index (κ3) is 3.55. The van der Waals surface area contributed by atoms with Crippen LogP contribution in [0.5, 0.6) is 0 Å². The Labute approximate surface area is 127 Å². The second-order valence-corrected chi connectivity index (χ2v) is 7.06. The van der Waals surface area contributed by atoms with Crippen molar-refractivity contribution in [2.45, 2.75) is 17.4 Å². The van der Waals surface area contributed by atoms with Gasteiger partial charge in [0.25, 0.3) is 0 Å². The molecular formula is C12H17N3O4S2. The molecule has 0 aliphatic rings. The maximum atomic E-state index is 12.4. The molecule has 0 fully saturated rings. The summed E-state index contributed by atoms with van der Waals surface area (Å²) in [6.45, 7) is 2.13. The summed E-state index contributed by atoms with van der Waals surface area (Å²) in [7, 11) is -0.652. The first-order valence-electron chi connectivity index (χ1n) is 6.17. The van der Waals surface area contributed by atoms with E-state index in [1.165, 1.54) is 20.3 Å². The van der Waals surface area contributed by atoms with Gasteiger partial charge in [-0.3, -0.25) is 0 Å². The van der Waals surface area contributed by atoms with Crippen molar-refractivity contribution in [3.8, 4) is 0 Å². The summed E-state index contributed by atoms with van der Waals surface area (Å²) in [5.74, 6) is 0. The molecule has 21 heavy (non-hydrogen) atoms. The van der Waals surface area contributed by atoms with Crippen LogP contribution >= 0.6 is 11.7 Å². The lowest BCUT2D eigenvalue weighted by Crippen LogP contribution is -2.45. The zero-order valence-electron chi connectivity index (χ0n) is 12.0. The van der Waals surface area contributed by atoms with E-state index in [0.29, 0.717) is 11.0 Å². The van der Waals surface area contributed by atoms with Gasteiger partial charge in [0.15, 0.2) is 0 Å². The summed E-state index contributed by atoms with van der Waals surface area (Å²) in [5.41, 5.74) is 0.200. The van der Waals surface area contributed by atoms with Gasteiger partial charge in [-0.25, -0.2) is 13.1 Å². The zero-order chi connectivity index (χ0) is 15.5. The number of nitrogens with zero attached hydrogens (tertiary/aromatic N) is 2. The lowest BCUT2D eigenvalue weighted by molar-refractivity contribution is -0.0460. The van der Waals surface area contributed by atoms with Gasteiger partial charge in [0, 0.05) is 20.8 Å². The van der Waals surface area contributed by atoms with E-state index < -0.39 is 15.6 Å². The van der Waals surface area contributed by atoms with Crippen molar-refractivity contribution in [2.24, 2.45) is 0 Å². The molecule has 0 aliphatic carbocycles. The van der Waals surface area contributed by atoms with E-state index in [-0.39, 0.29) is 18.0 Å². The number of rotatable bonds is 7. The Morgan fingerprint density at radius 2 is 2.10 bits per heavy atom. The summed E-state index contributed by atoms with van der Waals surface area (Å²) in [4.78, 5) is 0.115. The highest BCUT2D eigenvalue weighted by Crippen LogP contribution is 2.21. The lowest BCUT2D eigenvalue weighted by atomic mass is 10.1. The minimum atomic E-state index is -3.70. The minimum Gasteiger partial charge on any atom is -0.382 e. The van der Waals surface area contributed by atoms with Crippen LogP contribution in [0, 0.1) is 0 Å². The van der Waals surface area contributed by atoms with Crippen molar-refractivity contribution in [1.29, 1.82) is 0 Å². The number of hydrogen-bond acceptors (Lipinski definition) is 7. The molecule has 2 aromatic rings. The van der Waals surface area contributed by atoms with Crippen molar-refractivity contribution >= 4 is 32.8 Å². The molecule has 1 atom stereocenters. The fourth-order valence-corrected chi connectivity index (χ4v) is 3.73. The molecular weight excluding hydrogens is 314 g/mol. The highest BCUT2D eigenvalue weighted by atomic mass is 32.2. The Morgan fingerprint density at radius 3 is 2.76 bits per heavy atom. The first-order valence-corrected chi connectivity index (χ1v) is 8.38. The van der Waals surface area contributed by atoms with Crippen LogP contribution in [0.2, 0.25) is 0 Å². The van der Waals surface area contributed by atoms with E-state index in [2.05, 4.69) is 13.5 Å². The summed E-state index contributed by atoms with van der Waals surface area (Å²) in [6.07, 6.45) is 0. The third-order valence-electron chi connectivity index (χ3n) is 3.12. The Balaban J connectivity index is 2.25. The largest absolute Gasteiger partial charge is 0.382 e. The van der Waals surface area contributed by atoms with E-state index in [1.807, 2.05) is 0 Å². The van der Waals surface area contributed by atoms with Crippen molar-refractivity contribution in [3.05, 3.63) is 18.2 Å². The first kappa shape index (κ1) is 16.2. The molecule has 116 valence electrons. The molecule has 0 spiro atoms. The van der Waals surface area contributed by atoms with Crippen LogP contribution < -0.4 is 4.72 Å². The van der Waals surface area contributed by atoms with Gasteiger partial charge in [0.2, 0.25) is 10.0 Å². The van der Waals surface area contributed by atoms with Crippen molar-refractivity contribution in [1.82, 2.24) is 13.5 Å². The molecule has 9 heteroatoms. The molecule has 0 saturated heterocycles. The Morgan fingerprint density at radius 1 is 1.33 bits per heavy atom. The summed E-state index contributed by atoms with van der Waals surface area (Å²) >= 11 is 0.983. The molecule has 1 unspecified atom stereocenters. The predicted molar refractivity (Wildman–Crippen MR) is 79.9 cm³/mol. The number of benzene rings is 1. The first-order chi connectivity index (χ1) is 9.92. The Kier molecular flexibility index (Phi) is 4.89. The highest BCUT2D eigenvalue weighted by molar-refractivity contribution is 7.89. The molecule has 1 heterocycles. The van der Waals surface area contributed by atoms with Crippen LogP contribution in [0.1, 0.15) is 6.92 Å². The van der Waals surface area contributed by atoms with Gasteiger partial charge in [0.1, 0.15) is 21.5 Å². The average molecular weight is 331 g/mol. The van der Waals surface area contributed by atoms with Gasteiger partial charge in [-0.1, -0.05) is 6.07 Å². The van der Waals surface area contributed by atoms with Crippen LogP contribution in [0.25, 0.3) is 11.0 Å². The molecule has 7 nitrogen and oxygen atoms in total. The van der Waals surface area contributed by atoms with E-state index in [1.54, 1.807) is 19.1 Å². The van der Waals surface area contributed by atoms with Gasteiger partial charge in [-0.2, -0.15) is 8.75 Å². The van der Waals surface area contributed by atoms with E-state index >= 15 is 0 Å². The third-order valence-corrected chi connectivity index (χ3v) is 5.09. The van der Waals surface area contributed by atoms with Crippen LogP contribution in [0.15, 0.2) is 23.1 Å². The molecule has 1 aromatic carbocycles. The van der Waals surface area contributed by atoms with Gasteiger partial charge < -0.3 is 9.47 Å². The molecule has 0 amide bonds. The molecule has 0 radical (unpaired) electrons. The number of hydrogen-bond donors (Lipinski definition) is 1. The quantitative estimate of drug-likeness (QED) is 0.815. The Bertz CT molecular complexity index is 716. The van der Waals surface area contributed by atoms with Gasteiger partial charge in [-0.15, -0.1) is 0 Å². The van der Waals surface area contributed by atoms with E-state index in [9.17, 15) is 8.42 Å². The topological polar surface area (TPSA) is 90.4 Å². The van der Waals surface area contributed by atoms with Crippen LogP contribution in [0.4, 0.5) is 0 Å². The number of sulfonamides is 1. The van der Waals surface area contributed by atoms with Gasteiger partial charge in [0.05, 0.1) is 18.3 Å².